The predicted octanol–water partition coefficient (Wildman–Crippen LogP) is 4.04. The monoisotopic (exact) mass is 315 g/mol. The lowest BCUT2D eigenvalue weighted by Gasteiger charge is -2.07. The second kappa shape index (κ2) is 6.10. The second-order valence-corrected chi connectivity index (χ2v) is 4.63. The smallest absolute Gasteiger partial charge is 0.0485 e. The molecule has 74 valence electrons. The summed E-state index contributed by atoms with van der Waals surface area (Å²) in [5.41, 5.74) is 1.10. The molecule has 0 heterocycles. The second-order valence-electron chi connectivity index (χ2n) is 2.86. The summed E-state index contributed by atoms with van der Waals surface area (Å²) >= 11 is 6.89. The van der Waals surface area contributed by atoms with E-state index in [0.717, 1.165) is 34.0 Å². The molecule has 1 N–H and O–H groups in total. The van der Waals surface area contributed by atoms with E-state index < -0.39 is 0 Å². The molecule has 0 bridgehead atoms. The topological polar surface area (TPSA) is 12.0 Å². The largest absolute Gasteiger partial charge is 0.384 e. The third kappa shape index (κ3) is 3.73. The van der Waals surface area contributed by atoms with E-state index in [1.807, 2.05) is 18.2 Å². The fourth-order valence-corrected chi connectivity index (χ4v) is 2.23. The summed E-state index contributed by atoms with van der Waals surface area (Å²) in [6.45, 7) is 0.907. The number of terminal acetylenes is 1. The molecule has 0 aliphatic heterocycles. The van der Waals surface area contributed by atoms with Gasteiger partial charge in [0.2, 0.25) is 0 Å². The van der Waals surface area contributed by atoms with Crippen LogP contribution in [0.15, 0.2) is 27.1 Å². The molecule has 3 heteroatoms. The van der Waals surface area contributed by atoms with Crippen LogP contribution in [0.25, 0.3) is 0 Å². The molecule has 1 aromatic carbocycles. The molecule has 0 radical (unpaired) electrons. The highest BCUT2D eigenvalue weighted by molar-refractivity contribution is 9.11. The quantitative estimate of drug-likeness (QED) is 0.653. The summed E-state index contributed by atoms with van der Waals surface area (Å²) < 4.78 is 2.13. The molecule has 0 fully saturated rings. The van der Waals surface area contributed by atoms with E-state index in [9.17, 15) is 0 Å². The summed E-state index contributed by atoms with van der Waals surface area (Å²) in [4.78, 5) is 0. The van der Waals surface area contributed by atoms with Crippen LogP contribution in [0, 0.1) is 12.3 Å². The lowest BCUT2D eigenvalue weighted by Crippen LogP contribution is -2.01. The van der Waals surface area contributed by atoms with E-state index in [2.05, 4.69) is 43.1 Å². The molecule has 1 rings (SSSR count). The number of nitrogens with one attached hydrogen (secondary N) is 1. The van der Waals surface area contributed by atoms with Gasteiger partial charge in [0.25, 0.3) is 0 Å². The Morgan fingerprint density at radius 2 is 2.14 bits per heavy atom. The van der Waals surface area contributed by atoms with Gasteiger partial charge in [0.15, 0.2) is 0 Å². The van der Waals surface area contributed by atoms with Gasteiger partial charge in [0.05, 0.1) is 0 Å². The van der Waals surface area contributed by atoms with Crippen molar-refractivity contribution in [1.82, 2.24) is 0 Å². The van der Waals surface area contributed by atoms with Crippen LogP contribution in [0.4, 0.5) is 5.69 Å². The van der Waals surface area contributed by atoms with Gasteiger partial charge in [-0.25, -0.2) is 0 Å². The zero-order chi connectivity index (χ0) is 10.4. The van der Waals surface area contributed by atoms with Gasteiger partial charge in [-0.2, -0.15) is 0 Å². The lowest BCUT2D eigenvalue weighted by atomic mass is 10.3. The van der Waals surface area contributed by atoms with E-state index in [1.165, 1.54) is 0 Å². The fourth-order valence-electron chi connectivity index (χ4n) is 1.05. The highest BCUT2D eigenvalue weighted by Crippen LogP contribution is 2.25. The molecule has 0 aliphatic rings. The number of hydrogen-bond acceptors (Lipinski definition) is 1. The molecule has 1 aromatic rings. The van der Waals surface area contributed by atoms with Crippen LogP contribution in [0.1, 0.15) is 12.8 Å². The van der Waals surface area contributed by atoms with Crippen LogP contribution in [0.5, 0.6) is 0 Å². The Morgan fingerprint density at radius 1 is 1.36 bits per heavy atom. The molecule has 0 saturated heterocycles. The first-order valence-electron chi connectivity index (χ1n) is 4.36. The van der Waals surface area contributed by atoms with Gasteiger partial charge in [-0.1, -0.05) is 15.9 Å². The van der Waals surface area contributed by atoms with Gasteiger partial charge >= 0.3 is 0 Å². The normalized spacial score (nSPS) is 9.50. The lowest BCUT2D eigenvalue weighted by molar-refractivity contribution is 0.906. The van der Waals surface area contributed by atoms with Crippen molar-refractivity contribution < 1.29 is 0 Å². The standard InChI is InChI=1S/C11H11Br2N/c1-2-3-4-7-14-11-6-5-9(12)8-10(11)13/h1,5-6,8,14H,3-4,7H2. The Bertz CT molecular complexity index is 342. The maximum atomic E-state index is 5.16. The minimum absolute atomic E-state index is 0.821. The van der Waals surface area contributed by atoms with E-state index >= 15 is 0 Å². The average Bonchev–Trinajstić information content (AvgIpc) is 2.15. The fraction of sp³-hybridized carbons (Fsp3) is 0.273. The van der Waals surface area contributed by atoms with E-state index in [4.69, 9.17) is 6.42 Å². The summed E-state index contributed by atoms with van der Waals surface area (Å²) in [6, 6.07) is 6.06. The molecule has 0 aliphatic carbocycles. The van der Waals surface area contributed by atoms with Crippen LogP contribution >= 0.6 is 31.9 Å². The number of unbranched alkanes of at least 4 members (excludes halogenated alkanes) is 1. The Balaban J connectivity index is 2.47. The van der Waals surface area contributed by atoms with Gasteiger partial charge in [-0.05, 0) is 40.5 Å². The van der Waals surface area contributed by atoms with Gasteiger partial charge in [-0.3, -0.25) is 0 Å². The molecular weight excluding hydrogens is 306 g/mol. The Kier molecular flexibility index (Phi) is 5.06. The van der Waals surface area contributed by atoms with Crippen molar-refractivity contribution in [2.45, 2.75) is 12.8 Å². The third-order valence-corrected chi connectivity index (χ3v) is 2.89. The molecule has 0 atom stereocenters. The Labute approximate surface area is 102 Å². The molecule has 1 nitrogen and oxygen atoms in total. The van der Waals surface area contributed by atoms with Gasteiger partial charge in [0, 0.05) is 27.6 Å². The zero-order valence-electron chi connectivity index (χ0n) is 7.69. The van der Waals surface area contributed by atoms with Crippen LogP contribution in [-0.4, -0.2) is 6.54 Å². The first kappa shape index (κ1) is 11.6. The van der Waals surface area contributed by atoms with Crippen molar-refractivity contribution in [3.8, 4) is 12.3 Å². The van der Waals surface area contributed by atoms with Crippen LogP contribution in [0.2, 0.25) is 0 Å². The number of rotatable bonds is 4. The van der Waals surface area contributed by atoms with E-state index in [0.29, 0.717) is 0 Å². The van der Waals surface area contributed by atoms with E-state index in [-0.39, 0.29) is 0 Å². The van der Waals surface area contributed by atoms with Crippen LogP contribution in [-0.2, 0) is 0 Å². The van der Waals surface area contributed by atoms with E-state index in [1.54, 1.807) is 0 Å². The van der Waals surface area contributed by atoms with Crippen molar-refractivity contribution in [1.29, 1.82) is 0 Å². The summed E-state index contributed by atoms with van der Waals surface area (Å²) in [5.74, 6) is 2.62. The summed E-state index contributed by atoms with van der Waals surface area (Å²) in [5, 5.41) is 3.31. The molecule has 0 spiro atoms. The molecule has 0 unspecified atom stereocenters. The first-order valence-corrected chi connectivity index (χ1v) is 5.95. The SMILES string of the molecule is C#CCCCNc1ccc(Br)cc1Br. The van der Waals surface area contributed by atoms with Crippen molar-refractivity contribution in [3.05, 3.63) is 27.1 Å². The maximum absolute atomic E-state index is 5.16. The number of benzene rings is 1. The minimum atomic E-state index is 0.821. The Morgan fingerprint density at radius 3 is 2.79 bits per heavy atom. The molecule has 14 heavy (non-hydrogen) atoms. The zero-order valence-corrected chi connectivity index (χ0v) is 10.9. The summed E-state index contributed by atoms with van der Waals surface area (Å²) in [7, 11) is 0. The summed E-state index contributed by atoms with van der Waals surface area (Å²) in [6.07, 6.45) is 6.98. The van der Waals surface area contributed by atoms with Crippen LogP contribution in [0.3, 0.4) is 0 Å². The van der Waals surface area contributed by atoms with Crippen molar-refractivity contribution in [2.24, 2.45) is 0 Å². The van der Waals surface area contributed by atoms with Gasteiger partial charge in [0.1, 0.15) is 0 Å². The van der Waals surface area contributed by atoms with Crippen molar-refractivity contribution in [2.75, 3.05) is 11.9 Å². The highest BCUT2D eigenvalue weighted by atomic mass is 79.9. The predicted molar refractivity (Wildman–Crippen MR) is 68.4 cm³/mol. The average molecular weight is 317 g/mol. The van der Waals surface area contributed by atoms with Crippen LogP contribution < -0.4 is 5.32 Å². The number of hydrogen-bond donors (Lipinski definition) is 1. The molecule has 0 amide bonds. The highest BCUT2D eigenvalue weighted by Gasteiger charge is 1.98. The first-order chi connectivity index (χ1) is 6.74. The van der Waals surface area contributed by atoms with Crippen molar-refractivity contribution >= 4 is 37.5 Å². The molecule has 0 saturated carbocycles. The molecule has 0 aromatic heterocycles. The molecular formula is C11H11Br2N. The van der Waals surface area contributed by atoms with Gasteiger partial charge in [-0.15, -0.1) is 12.3 Å². The third-order valence-electron chi connectivity index (χ3n) is 1.74. The number of halogens is 2. The Hall–Kier alpha value is -0.460. The number of anilines is 1. The minimum Gasteiger partial charge on any atom is -0.384 e. The van der Waals surface area contributed by atoms with Gasteiger partial charge < -0.3 is 5.32 Å². The van der Waals surface area contributed by atoms with Crippen molar-refractivity contribution in [3.63, 3.8) is 0 Å². The maximum Gasteiger partial charge on any atom is 0.0485 e.